The van der Waals surface area contributed by atoms with Gasteiger partial charge in [-0.2, -0.15) is 0 Å². The molecule has 5 nitrogen and oxygen atoms in total. The fourth-order valence-corrected chi connectivity index (χ4v) is 3.43. The van der Waals surface area contributed by atoms with Gasteiger partial charge in [-0.1, -0.05) is 30.3 Å². The molecular weight excluding hydrogens is 318 g/mol. The molecule has 1 N–H and O–H groups in total. The number of hydrogen-bond acceptors (Lipinski definition) is 6. The first-order valence-corrected chi connectivity index (χ1v) is 8.44. The fourth-order valence-electron chi connectivity index (χ4n) is 2.42. The average Bonchev–Trinajstić information content (AvgIpc) is 3.01. The molecule has 3 heterocycles. The van der Waals surface area contributed by atoms with Gasteiger partial charge in [0.15, 0.2) is 5.65 Å². The molecule has 0 radical (unpaired) electrons. The van der Waals surface area contributed by atoms with E-state index in [2.05, 4.69) is 37.4 Å². The van der Waals surface area contributed by atoms with Crippen LogP contribution in [0.25, 0.3) is 21.7 Å². The number of thiazole rings is 1. The summed E-state index contributed by atoms with van der Waals surface area (Å²) in [4.78, 5) is 18.8. The summed E-state index contributed by atoms with van der Waals surface area (Å²) < 4.78 is 0. The molecule has 0 fully saturated rings. The minimum absolute atomic E-state index is 0.647. The maximum absolute atomic E-state index is 4.68. The largest absolute Gasteiger partial charge is 0.365 e. The Morgan fingerprint density at radius 2 is 1.79 bits per heavy atom. The Bertz CT molecular complexity index is 981. The van der Waals surface area contributed by atoms with Crippen LogP contribution in [0.1, 0.15) is 10.6 Å². The summed E-state index contributed by atoms with van der Waals surface area (Å²) in [7, 11) is 0. The van der Waals surface area contributed by atoms with Gasteiger partial charge in [-0.3, -0.25) is 4.98 Å². The zero-order valence-corrected chi connectivity index (χ0v) is 13.9. The molecule has 0 spiro atoms. The van der Waals surface area contributed by atoms with Crippen LogP contribution < -0.4 is 5.32 Å². The Balaban J connectivity index is 1.54. The van der Waals surface area contributed by atoms with Gasteiger partial charge in [0, 0.05) is 22.8 Å². The van der Waals surface area contributed by atoms with E-state index in [4.69, 9.17) is 0 Å². The zero-order valence-electron chi connectivity index (χ0n) is 13.1. The third kappa shape index (κ3) is 2.96. The second kappa shape index (κ2) is 6.33. The zero-order chi connectivity index (χ0) is 16.4. The van der Waals surface area contributed by atoms with Gasteiger partial charge >= 0.3 is 0 Å². The van der Waals surface area contributed by atoms with E-state index in [1.807, 2.05) is 37.3 Å². The van der Waals surface area contributed by atoms with Crippen LogP contribution in [0.3, 0.4) is 0 Å². The smallest absolute Gasteiger partial charge is 0.180 e. The van der Waals surface area contributed by atoms with Crippen molar-refractivity contribution in [3.63, 3.8) is 0 Å². The highest BCUT2D eigenvalue weighted by atomic mass is 32.1. The molecule has 0 atom stereocenters. The molecule has 4 rings (SSSR count). The maximum atomic E-state index is 4.68. The number of hydrogen-bond donors (Lipinski definition) is 1. The van der Waals surface area contributed by atoms with Crippen LogP contribution in [-0.2, 0) is 6.54 Å². The number of nitrogens with zero attached hydrogens (tertiary/aromatic N) is 4. The number of nitrogens with one attached hydrogen (secondary N) is 1. The summed E-state index contributed by atoms with van der Waals surface area (Å²) in [5, 5.41) is 4.39. The van der Waals surface area contributed by atoms with Gasteiger partial charge in [-0.15, -0.1) is 11.3 Å². The molecule has 0 saturated carbocycles. The molecule has 0 saturated heterocycles. The van der Waals surface area contributed by atoms with Crippen molar-refractivity contribution in [3.8, 4) is 10.6 Å². The standard InChI is InChI=1S/C18H15N5S/c1-12-15(24-18(22-12)13-5-3-2-4-6-13)11-21-16-8-7-14-17(23-16)20-10-9-19-14/h2-10H,11H2,1H3,(H,20,21,23). The number of fused-ring (bicyclic) bond motifs is 1. The number of pyridine rings is 1. The average molecular weight is 333 g/mol. The predicted molar refractivity (Wildman–Crippen MR) is 96.9 cm³/mol. The van der Waals surface area contributed by atoms with Gasteiger partial charge in [0.05, 0.1) is 12.2 Å². The van der Waals surface area contributed by atoms with Gasteiger partial charge in [-0.25, -0.2) is 15.0 Å². The highest BCUT2D eigenvalue weighted by molar-refractivity contribution is 7.15. The molecule has 0 aliphatic rings. The molecule has 0 amide bonds. The number of benzene rings is 1. The summed E-state index contributed by atoms with van der Waals surface area (Å²) in [6, 6.07) is 14.1. The minimum Gasteiger partial charge on any atom is -0.365 e. The lowest BCUT2D eigenvalue weighted by Gasteiger charge is -2.05. The summed E-state index contributed by atoms with van der Waals surface area (Å²) >= 11 is 1.71. The lowest BCUT2D eigenvalue weighted by Crippen LogP contribution is -2.01. The molecular formula is C18H15N5S. The van der Waals surface area contributed by atoms with E-state index in [1.54, 1.807) is 23.7 Å². The van der Waals surface area contributed by atoms with E-state index < -0.39 is 0 Å². The number of rotatable bonds is 4. The SMILES string of the molecule is Cc1nc(-c2ccccc2)sc1CNc1ccc2nccnc2n1. The third-order valence-corrected chi connectivity index (χ3v) is 4.88. The first kappa shape index (κ1) is 14.7. The predicted octanol–water partition coefficient (Wildman–Crippen LogP) is 4.07. The van der Waals surface area contributed by atoms with Crippen molar-refractivity contribution in [1.29, 1.82) is 0 Å². The first-order valence-electron chi connectivity index (χ1n) is 7.63. The normalized spacial score (nSPS) is 10.9. The summed E-state index contributed by atoms with van der Waals surface area (Å²) in [5.74, 6) is 0.789. The summed E-state index contributed by atoms with van der Waals surface area (Å²) in [6.07, 6.45) is 3.32. The van der Waals surface area contributed by atoms with E-state index in [9.17, 15) is 0 Å². The van der Waals surface area contributed by atoms with E-state index in [1.165, 1.54) is 4.88 Å². The van der Waals surface area contributed by atoms with E-state index >= 15 is 0 Å². The Labute approximate surface area is 143 Å². The molecule has 118 valence electrons. The van der Waals surface area contributed by atoms with Crippen molar-refractivity contribution < 1.29 is 0 Å². The third-order valence-electron chi connectivity index (χ3n) is 3.68. The Kier molecular flexibility index (Phi) is 3.88. The molecule has 4 aromatic rings. The Morgan fingerprint density at radius 3 is 2.67 bits per heavy atom. The second-order valence-electron chi connectivity index (χ2n) is 5.34. The lowest BCUT2D eigenvalue weighted by atomic mass is 10.2. The van der Waals surface area contributed by atoms with E-state index in [0.717, 1.165) is 27.6 Å². The van der Waals surface area contributed by atoms with Crippen molar-refractivity contribution in [2.75, 3.05) is 5.32 Å². The fraction of sp³-hybridized carbons (Fsp3) is 0.111. The van der Waals surface area contributed by atoms with Crippen LogP contribution in [0.4, 0.5) is 5.82 Å². The monoisotopic (exact) mass is 333 g/mol. The second-order valence-corrected chi connectivity index (χ2v) is 6.43. The van der Waals surface area contributed by atoms with Crippen LogP contribution in [0.5, 0.6) is 0 Å². The molecule has 3 aromatic heterocycles. The number of aromatic nitrogens is 4. The van der Waals surface area contributed by atoms with Crippen LogP contribution in [0.2, 0.25) is 0 Å². The minimum atomic E-state index is 0.647. The topological polar surface area (TPSA) is 63.6 Å². The van der Waals surface area contributed by atoms with Crippen LogP contribution in [-0.4, -0.2) is 19.9 Å². The summed E-state index contributed by atoms with van der Waals surface area (Å²) in [6.45, 7) is 2.73. The molecule has 0 aliphatic carbocycles. The molecule has 6 heteroatoms. The summed E-state index contributed by atoms with van der Waals surface area (Å²) in [5.41, 5.74) is 3.64. The van der Waals surface area contributed by atoms with Crippen LogP contribution >= 0.6 is 11.3 Å². The van der Waals surface area contributed by atoms with E-state index in [0.29, 0.717) is 12.2 Å². The molecule has 0 aliphatic heterocycles. The Morgan fingerprint density at radius 1 is 0.958 bits per heavy atom. The quantitative estimate of drug-likeness (QED) is 0.610. The number of anilines is 1. The van der Waals surface area contributed by atoms with Gasteiger partial charge in [0.25, 0.3) is 0 Å². The highest BCUT2D eigenvalue weighted by Crippen LogP contribution is 2.28. The first-order chi connectivity index (χ1) is 11.8. The van der Waals surface area contributed by atoms with Crippen molar-refractivity contribution >= 4 is 28.3 Å². The van der Waals surface area contributed by atoms with E-state index in [-0.39, 0.29) is 0 Å². The van der Waals surface area contributed by atoms with Crippen LogP contribution in [0.15, 0.2) is 54.9 Å². The van der Waals surface area contributed by atoms with Gasteiger partial charge in [0.1, 0.15) is 16.3 Å². The van der Waals surface area contributed by atoms with Gasteiger partial charge in [0.2, 0.25) is 0 Å². The van der Waals surface area contributed by atoms with Crippen molar-refractivity contribution in [2.45, 2.75) is 13.5 Å². The maximum Gasteiger partial charge on any atom is 0.180 e. The molecule has 0 unspecified atom stereocenters. The van der Waals surface area contributed by atoms with Gasteiger partial charge < -0.3 is 5.32 Å². The van der Waals surface area contributed by atoms with Gasteiger partial charge in [-0.05, 0) is 19.1 Å². The van der Waals surface area contributed by atoms with Crippen molar-refractivity contribution in [3.05, 3.63) is 65.4 Å². The molecule has 1 aromatic carbocycles. The highest BCUT2D eigenvalue weighted by Gasteiger charge is 2.09. The Hall–Kier alpha value is -2.86. The van der Waals surface area contributed by atoms with Crippen molar-refractivity contribution in [2.24, 2.45) is 0 Å². The molecule has 24 heavy (non-hydrogen) atoms. The number of aryl methyl sites for hydroxylation is 1. The molecule has 0 bridgehead atoms. The van der Waals surface area contributed by atoms with Crippen LogP contribution in [0, 0.1) is 6.92 Å². The lowest BCUT2D eigenvalue weighted by molar-refractivity contribution is 1.10. The van der Waals surface area contributed by atoms with Crippen molar-refractivity contribution in [1.82, 2.24) is 19.9 Å².